The van der Waals surface area contributed by atoms with Crippen molar-refractivity contribution in [2.24, 2.45) is 5.92 Å². The van der Waals surface area contributed by atoms with Crippen LogP contribution in [0.2, 0.25) is 5.02 Å². The van der Waals surface area contributed by atoms with Crippen LogP contribution in [0.1, 0.15) is 46.0 Å². The quantitative estimate of drug-likeness (QED) is 0.890. The Hall–Kier alpha value is -1.03. The van der Waals surface area contributed by atoms with Gasteiger partial charge in [0.1, 0.15) is 11.1 Å². The fourth-order valence-corrected chi connectivity index (χ4v) is 2.49. The van der Waals surface area contributed by atoms with Crippen molar-refractivity contribution in [3.05, 3.63) is 11.2 Å². The minimum absolute atomic E-state index is 0.222. The summed E-state index contributed by atoms with van der Waals surface area (Å²) in [6.45, 7) is 5.18. The molecule has 1 fully saturated rings. The SMILES string of the molecule is CCCNc1ncc(Cl)c(OC2CCCCC2C)n1. The first kappa shape index (κ1) is 14.4. The molecule has 1 saturated carbocycles. The lowest BCUT2D eigenvalue weighted by Crippen LogP contribution is -2.28. The van der Waals surface area contributed by atoms with Crippen molar-refractivity contribution in [2.45, 2.75) is 52.1 Å². The van der Waals surface area contributed by atoms with Gasteiger partial charge in [-0.1, -0.05) is 31.9 Å². The Balaban J connectivity index is 2.05. The van der Waals surface area contributed by atoms with Crippen molar-refractivity contribution in [1.82, 2.24) is 9.97 Å². The minimum Gasteiger partial charge on any atom is -0.473 e. The first-order valence-corrected chi connectivity index (χ1v) is 7.51. The molecule has 1 aromatic heterocycles. The molecule has 0 saturated heterocycles. The first-order chi connectivity index (χ1) is 9.20. The van der Waals surface area contributed by atoms with Gasteiger partial charge in [0.2, 0.25) is 11.8 Å². The highest BCUT2D eigenvalue weighted by Gasteiger charge is 2.24. The summed E-state index contributed by atoms with van der Waals surface area (Å²) >= 11 is 6.12. The molecule has 0 aromatic carbocycles. The van der Waals surface area contributed by atoms with Gasteiger partial charge in [-0.05, 0) is 31.6 Å². The second-order valence-electron chi connectivity index (χ2n) is 5.19. The van der Waals surface area contributed by atoms with Gasteiger partial charge in [-0.2, -0.15) is 4.98 Å². The molecular formula is C14H22ClN3O. The first-order valence-electron chi connectivity index (χ1n) is 7.13. The van der Waals surface area contributed by atoms with Crippen molar-refractivity contribution in [2.75, 3.05) is 11.9 Å². The van der Waals surface area contributed by atoms with Crippen LogP contribution in [0.3, 0.4) is 0 Å². The molecule has 106 valence electrons. The van der Waals surface area contributed by atoms with Crippen molar-refractivity contribution in [1.29, 1.82) is 0 Å². The smallest absolute Gasteiger partial charge is 0.237 e. The molecule has 1 heterocycles. The molecule has 4 nitrogen and oxygen atoms in total. The van der Waals surface area contributed by atoms with Crippen LogP contribution in [0.15, 0.2) is 6.20 Å². The molecule has 0 radical (unpaired) electrons. The van der Waals surface area contributed by atoms with Crippen molar-refractivity contribution in [3.63, 3.8) is 0 Å². The Morgan fingerprint density at radius 1 is 1.42 bits per heavy atom. The third kappa shape index (κ3) is 3.96. The van der Waals surface area contributed by atoms with Crippen LogP contribution in [-0.2, 0) is 0 Å². The van der Waals surface area contributed by atoms with E-state index in [9.17, 15) is 0 Å². The largest absolute Gasteiger partial charge is 0.473 e. The second-order valence-corrected chi connectivity index (χ2v) is 5.60. The molecule has 0 aliphatic heterocycles. The van der Waals surface area contributed by atoms with Crippen molar-refractivity contribution < 1.29 is 4.74 Å². The number of ether oxygens (including phenoxy) is 1. The van der Waals surface area contributed by atoms with Crippen molar-refractivity contribution in [3.8, 4) is 5.88 Å². The highest BCUT2D eigenvalue weighted by atomic mass is 35.5. The van der Waals surface area contributed by atoms with Gasteiger partial charge in [-0.3, -0.25) is 0 Å². The van der Waals surface area contributed by atoms with Gasteiger partial charge in [0.15, 0.2) is 0 Å². The highest BCUT2D eigenvalue weighted by Crippen LogP contribution is 2.30. The van der Waals surface area contributed by atoms with Gasteiger partial charge in [0, 0.05) is 6.54 Å². The summed E-state index contributed by atoms with van der Waals surface area (Å²) < 4.78 is 6.00. The van der Waals surface area contributed by atoms with Crippen LogP contribution in [0.25, 0.3) is 0 Å². The topological polar surface area (TPSA) is 47.0 Å². The number of anilines is 1. The standard InChI is InChI=1S/C14H22ClN3O/c1-3-8-16-14-17-9-11(15)13(18-14)19-12-7-5-4-6-10(12)2/h9-10,12H,3-8H2,1-2H3,(H,16,17,18). The third-order valence-corrected chi connectivity index (χ3v) is 3.80. The maximum absolute atomic E-state index is 6.12. The Morgan fingerprint density at radius 3 is 2.95 bits per heavy atom. The van der Waals surface area contributed by atoms with Crippen LogP contribution < -0.4 is 10.1 Å². The summed E-state index contributed by atoms with van der Waals surface area (Å²) in [5.74, 6) is 1.66. The Bertz CT molecular complexity index is 414. The zero-order valence-electron chi connectivity index (χ0n) is 11.7. The maximum atomic E-state index is 6.12. The average Bonchev–Trinajstić information content (AvgIpc) is 2.42. The zero-order chi connectivity index (χ0) is 13.7. The monoisotopic (exact) mass is 283 g/mol. The van der Waals surface area contributed by atoms with E-state index in [1.165, 1.54) is 19.3 Å². The van der Waals surface area contributed by atoms with Gasteiger partial charge in [0.25, 0.3) is 0 Å². The molecule has 19 heavy (non-hydrogen) atoms. The maximum Gasteiger partial charge on any atom is 0.237 e. The number of hydrogen-bond acceptors (Lipinski definition) is 4. The lowest BCUT2D eigenvalue weighted by atomic mass is 9.88. The Kier molecular flexibility index (Phi) is 5.25. The van der Waals surface area contributed by atoms with Crippen LogP contribution in [0.4, 0.5) is 5.95 Å². The van der Waals surface area contributed by atoms with Gasteiger partial charge in [0.05, 0.1) is 6.20 Å². The van der Waals surface area contributed by atoms with E-state index in [0.717, 1.165) is 19.4 Å². The number of hydrogen-bond donors (Lipinski definition) is 1. The van der Waals surface area contributed by atoms with E-state index >= 15 is 0 Å². The lowest BCUT2D eigenvalue weighted by Gasteiger charge is -2.29. The summed E-state index contributed by atoms with van der Waals surface area (Å²) in [7, 11) is 0. The Morgan fingerprint density at radius 2 is 2.21 bits per heavy atom. The highest BCUT2D eigenvalue weighted by molar-refractivity contribution is 6.31. The van der Waals surface area contributed by atoms with Crippen LogP contribution in [-0.4, -0.2) is 22.6 Å². The van der Waals surface area contributed by atoms with Crippen LogP contribution in [0, 0.1) is 5.92 Å². The molecule has 2 atom stereocenters. The third-order valence-electron chi connectivity index (χ3n) is 3.54. The van der Waals surface area contributed by atoms with E-state index in [-0.39, 0.29) is 6.10 Å². The lowest BCUT2D eigenvalue weighted by molar-refractivity contribution is 0.0977. The summed E-state index contributed by atoms with van der Waals surface area (Å²) in [6, 6.07) is 0. The number of rotatable bonds is 5. The fraction of sp³-hybridized carbons (Fsp3) is 0.714. The second kappa shape index (κ2) is 6.94. The summed E-state index contributed by atoms with van der Waals surface area (Å²) in [6.07, 6.45) is 7.67. The van der Waals surface area contributed by atoms with Crippen LogP contribution >= 0.6 is 11.6 Å². The summed E-state index contributed by atoms with van der Waals surface area (Å²) in [4.78, 5) is 8.52. The number of nitrogens with one attached hydrogen (secondary N) is 1. The van der Waals surface area contributed by atoms with Gasteiger partial charge in [-0.15, -0.1) is 0 Å². The van der Waals surface area contributed by atoms with E-state index < -0.39 is 0 Å². The zero-order valence-corrected chi connectivity index (χ0v) is 12.4. The molecule has 1 N–H and O–H groups in total. The van der Waals surface area contributed by atoms with Gasteiger partial charge < -0.3 is 10.1 Å². The van der Waals surface area contributed by atoms with Crippen LogP contribution in [0.5, 0.6) is 5.88 Å². The van der Waals surface area contributed by atoms with Crippen molar-refractivity contribution >= 4 is 17.5 Å². The molecule has 0 amide bonds. The number of aromatic nitrogens is 2. The molecule has 1 aliphatic carbocycles. The normalized spacial score (nSPS) is 23.1. The average molecular weight is 284 g/mol. The van der Waals surface area contributed by atoms with Gasteiger partial charge >= 0.3 is 0 Å². The molecule has 1 aromatic rings. The molecule has 0 bridgehead atoms. The van der Waals surface area contributed by atoms with E-state index in [0.29, 0.717) is 22.8 Å². The molecule has 2 rings (SSSR count). The number of nitrogens with zero attached hydrogens (tertiary/aromatic N) is 2. The fourth-order valence-electron chi connectivity index (χ4n) is 2.36. The molecule has 2 unspecified atom stereocenters. The molecule has 0 spiro atoms. The molecule has 1 aliphatic rings. The van der Waals surface area contributed by atoms with E-state index in [4.69, 9.17) is 16.3 Å². The van der Waals surface area contributed by atoms with Gasteiger partial charge in [-0.25, -0.2) is 4.98 Å². The predicted octanol–water partition coefficient (Wildman–Crippen LogP) is 3.91. The molecule has 5 heteroatoms. The Labute approximate surface area is 119 Å². The van der Waals surface area contributed by atoms with E-state index in [2.05, 4.69) is 29.1 Å². The summed E-state index contributed by atoms with van der Waals surface area (Å²) in [5, 5.41) is 3.64. The van der Waals surface area contributed by atoms with E-state index in [1.54, 1.807) is 6.20 Å². The number of halogens is 1. The molecular weight excluding hydrogens is 262 g/mol. The summed E-state index contributed by atoms with van der Waals surface area (Å²) in [5.41, 5.74) is 0. The predicted molar refractivity (Wildman–Crippen MR) is 77.9 cm³/mol. The van der Waals surface area contributed by atoms with E-state index in [1.807, 2.05) is 0 Å². The minimum atomic E-state index is 0.222.